The Labute approximate surface area is 129 Å². The average Bonchev–Trinajstić information content (AvgIpc) is 2.88. The largest absolute Gasteiger partial charge is 0.368 e. The molecule has 0 spiro atoms. The lowest BCUT2D eigenvalue weighted by molar-refractivity contribution is -0.129. The number of nitrogens with one attached hydrogen (secondary N) is 2. The molecule has 6 heteroatoms. The van der Waals surface area contributed by atoms with Crippen LogP contribution in [0.5, 0.6) is 0 Å². The third-order valence-electron chi connectivity index (χ3n) is 3.98. The first-order valence-corrected chi connectivity index (χ1v) is 7.32. The molecule has 22 heavy (non-hydrogen) atoms. The Bertz CT molecular complexity index is 613. The number of aryl methyl sites for hydroxylation is 2. The molecule has 0 aromatic heterocycles. The fourth-order valence-corrected chi connectivity index (χ4v) is 2.47. The third-order valence-corrected chi connectivity index (χ3v) is 3.98. The van der Waals surface area contributed by atoms with Crippen molar-refractivity contribution < 1.29 is 14.4 Å². The Balaban J connectivity index is 2.03. The predicted octanol–water partition coefficient (Wildman–Crippen LogP) is 0.0946. The first-order chi connectivity index (χ1) is 10.4. The topological polar surface area (TPSA) is 101 Å². The summed E-state index contributed by atoms with van der Waals surface area (Å²) in [6.45, 7) is 4.00. The van der Waals surface area contributed by atoms with Crippen molar-refractivity contribution in [2.45, 2.75) is 45.2 Å². The number of hydrogen-bond donors (Lipinski definition) is 3. The van der Waals surface area contributed by atoms with Crippen LogP contribution in [0.3, 0.4) is 0 Å². The maximum absolute atomic E-state index is 12.1. The fraction of sp³-hybridized carbons (Fsp3) is 0.438. The number of hydrogen-bond acceptors (Lipinski definition) is 3. The first-order valence-electron chi connectivity index (χ1n) is 7.32. The first kappa shape index (κ1) is 16.0. The molecule has 1 aliphatic rings. The van der Waals surface area contributed by atoms with Crippen molar-refractivity contribution in [2.75, 3.05) is 0 Å². The Morgan fingerprint density at radius 2 is 2.09 bits per heavy atom. The third kappa shape index (κ3) is 3.84. The summed E-state index contributed by atoms with van der Waals surface area (Å²) in [7, 11) is 0. The minimum Gasteiger partial charge on any atom is -0.368 e. The molecule has 118 valence electrons. The lowest BCUT2D eigenvalue weighted by atomic mass is 10.0. The maximum atomic E-state index is 12.1. The van der Waals surface area contributed by atoms with Gasteiger partial charge in [-0.25, -0.2) is 0 Å². The van der Waals surface area contributed by atoms with E-state index >= 15 is 0 Å². The average molecular weight is 303 g/mol. The summed E-state index contributed by atoms with van der Waals surface area (Å²) in [6.07, 6.45) is 1.11. The number of benzene rings is 1. The van der Waals surface area contributed by atoms with E-state index in [-0.39, 0.29) is 11.8 Å². The molecule has 1 fully saturated rings. The van der Waals surface area contributed by atoms with Crippen molar-refractivity contribution in [3.05, 3.63) is 34.9 Å². The minimum atomic E-state index is -0.785. The standard InChI is InChI=1S/C16H21N3O3/c1-9-3-4-11(7-10(9)2)8-13(15(17)21)19-16(22)12-5-6-14(20)18-12/h3-4,7,12-13H,5-6,8H2,1-2H3,(H2,17,21)(H,18,20)(H,19,22)/t12-,13+/m1/s1. The SMILES string of the molecule is Cc1ccc(C[C@H](NC(=O)[C@H]2CCC(=O)N2)C(N)=O)cc1C. The van der Waals surface area contributed by atoms with Gasteiger partial charge in [-0.05, 0) is 37.0 Å². The van der Waals surface area contributed by atoms with Crippen molar-refractivity contribution in [3.63, 3.8) is 0 Å². The molecule has 4 N–H and O–H groups in total. The molecule has 0 radical (unpaired) electrons. The second kappa shape index (κ2) is 6.60. The van der Waals surface area contributed by atoms with Crippen LogP contribution in [0.15, 0.2) is 18.2 Å². The van der Waals surface area contributed by atoms with Gasteiger partial charge >= 0.3 is 0 Å². The van der Waals surface area contributed by atoms with Crippen molar-refractivity contribution in [2.24, 2.45) is 5.73 Å². The van der Waals surface area contributed by atoms with Crippen LogP contribution in [0.25, 0.3) is 0 Å². The quantitative estimate of drug-likeness (QED) is 0.718. The van der Waals surface area contributed by atoms with Gasteiger partial charge in [0.05, 0.1) is 0 Å². The van der Waals surface area contributed by atoms with Crippen LogP contribution in [0.2, 0.25) is 0 Å². The Morgan fingerprint density at radius 1 is 1.36 bits per heavy atom. The monoisotopic (exact) mass is 303 g/mol. The molecule has 3 amide bonds. The maximum Gasteiger partial charge on any atom is 0.243 e. The zero-order valence-electron chi connectivity index (χ0n) is 12.8. The van der Waals surface area contributed by atoms with Crippen LogP contribution in [0.1, 0.15) is 29.5 Å². The Morgan fingerprint density at radius 3 is 2.64 bits per heavy atom. The summed E-state index contributed by atoms with van der Waals surface area (Å²) in [5.41, 5.74) is 8.60. The van der Waals surface area contributed by atoms with E-state index in [4.69, 9.17) is 5.73 Å². The summed E-state index contributed by atoms with van der Waals surface area (Å²) < 4.78 is 0. The van der Waals surface area contributed by atoms with E-state index in [0.717, 1.165) is 16.7 Å². The fourth-order valence-electron chi connectivity index (χ4n) is 2.47. The molecule has 0 unspecified atom stereocenters. The van der Waals surface area contributed by atoms with E-state index in [1.165, 1.54) is 0 Å². The lowest BCUT2D eigenvalue weighted by Gasteiger charge is -2.18. The minimum absolute atomic E-state index is 0.148. The van der Waals surface area contributed by atoms with Crippen molar-refractivity contribution in [3.8, 4) is 0 Å². The summed E-state index contributed by atoms with van der Waals surface area (Å²) in [5, 5.41) is 5.21. The van der Waals surface area contributed by atoms with Gasteiger partial charge in [-0.15, -0.1) is 0 Å². The molecular weight excluding hydrogens is 282 g/mol. The molecule has 1 aliphatic heterocycles. The molecule has 6 nitrogen and oxygen atoms in total. The molecular formula is C16H21N3O3. The molecule has 1 saturated heterocycles. The molecule has 0 aliphatic carbocycles. The molecule has 0 bridgehead atoms. The molecule has 1 aromatic rings. The van der Waals surface area contributed by atoms with Crippen molar-refractivity contribution in [1.29, 1.82) is 0 Å². The van der Waals surface area contributed by atoms with E-state index in [1.54, 1.807) is 0 Å². The molecule has 1 aromatic carbocycles. The number of carbonyl (C=O) groups is 3. The molecule has 1 heterocycles. The molecule has 2 atom stereocenters. The predicted molar refractivity (Wildman–Crippen MR) is 81.9 cm³/mol. The van der Waals surface area contributed by atoms with Gasteiger partial charge in [0, 0.05) is 12.8 Å². The van der Waals surface area contributed by atoms with Crippen LogP contribution in [-0.4, -0.2) is 29.8 Å². The summed E-state index contributed by atoms with van der Waals surface area (Å²) in [6, 6.07) is 4.51. The normalized spacial score (nSPS) is 18.6. The highest BCUT2D eigenvalue weighted by Crippen LogP contribution is 2.12. The highest BCUT2D eigenvalue weighted by atomic mass is 16.2. The number of primary amides is 1. The zero-order chi connectivity index (χ0) is 16.3. The van der Waals surface area contributed by atoms with Crippen molar-refractivity contribution in [1.82, 2.24) is 10.6 Å². The summed E-state index contributed by atoms with van der Waals surface area (Å²) in [4.78, 5) is 34.8. The van der Waals surface area contributed by atoms with E-state index in [9.17, 15) is 14.4 Å². The summed E-state index contributed by atoms with van der Waals surface area (Å²) >= 11 is 0. The van der Waals surface area contributed by atoms with E-state index in [0.29, 0.717) is 19.3 Å². The van der Waals surface area contributed by atoms with E-state index in [2.05, 4.69) is 10.6 Å². The van der Waals surface area contributed by atoms with Crippen LogP contribution >= 0.6 is 0 Å². The van der Waals surface area contributed by atoms with E-state index < -0.39 is 18.0 Å². The smallest absolute Gasteiger partial charge is 0.243 e. The summed E-state index contributed by atoms with van der Waals surface area (Å²) in [5.74, 6) is -1.10. The highest BCUT2D eigenvalue weighted by Gasteiger charge is 2.29. The van der Waals surface area contributed by atoms with E-state index in [1.807, 2.05) is 32.0 Å². The van der Waals surface area contributed by atoms with Crippen LogP contribution in [0, 0.1) is 13.8 Å². The molecule has 0 saturated carbocycles. The van der Waals surface area contributed by atoms with Crippen molar-refractivity contribution >= 4 is 17.7 Å². The molecule has 2 rings (SSSR count). The number of amides is 3. The second-order valence-corrected chi connectivity index (χ2v) is 5.75. The van der Waals surface area contributed by atoms with Crippen LogP contribution in [0.4, 0.5) is 0 Å². The second-order valence-electron chi connectivity index (χ2n) is 5.75. The van der Waals surface area contributed by atoms with Gasteiger partial charge in [0.25, 0.3) is 0 Å². The van der Waals surface area contributed by atoms with Crippen LogP contribution < -0.4 is 16.4 Å². The lowest BCUT2D eigenvalue weighted by Crippen LogP contribution is -2.51. The van der Waals surface area contributed by atoms with Gasteiger partial charge < -0.3 is 16.4 Å². The Kier molecular flexibility index (Phi) is 4.80. The van der Waals surface area contributed by atoms with Gasteiger partial charge in [-0.1, -0.05) is 18.2 Å². The number of carbonyl (C=O) groups excluding carboxylic acids is 3. The highest BCUT2D eigenvalue weighted by molar-refractivity contribution is 5.93. The van der Waals surface area contributed by atoms with Gasteiger partial charge in [0.1, 0.15) is 12.1 Å². The van der Waals surface area contributed by atoms with Gasteiger partial charge in [-0.2, -0.15) is 0 Å². The number of rotatable bonds is 5. The van der Waals surface area contributed by atoms with Gasteiger partial charge in [0.2, 0.25) is 17.7 Å². The Hall–Kier alpha value is -2.37. The van der Waals surface area contributed by atoms with Gasteiger partial charge in [0.15, 0.2) is 0 Å². The van der Waals surface area contributed by atoms with Gasteiger partial charge in [-0.3, -0.25) is 14.4 Å². The zero-order valence-corrected chi connectivity index (χ0v) is 12.8. The van der Waals surface area contributed by atoms with Crippen LogP contribution in [-0.2, 0) is 20.8 Å². The number of nitrogens with two attached hydrogens (primary N) is 1.